The lowest BCUT2D eigenvalue weighted by Gasteiger charge is -2.28. The predicted octanol–water partition coefficient (Wildman–Crippen LogP) is 3.51. The molecule has 3 heteroatoms. The van der Waals surface area contributed by atoms with Crippen LogP contribution < -0.4 is 0 Å². The smallest absolute Gasteiger partial charge is 0.101 e. The zero-order valence-corrected chi connectivity index (χ0v) is 11.9. The number of rotatable bonds is 4. The molecule has 1 fully saturated rings. The number of aryl methyl sites for hydroxylation is 2. The van der Waals surface area contributed by atoms with Crippen LogP contribution >= 0.6 is 11.6 Å². The van der Waals surface area contributed by atoms with Gasteiger partial charge in [-0.3, -0.25) is 0 Å². The highest BCUT2D eigenvalue weighted by Gasteiger charge is 2.26. The Bertz CT molecular complexity index is 386. The third-order valence-corrected chi connectivity index (χ3v) is 3.98. The minimum atomic E-state index is -0.119. The number of benzene rings is 1. The molecule has 2 rings (SSSR count). The molecule has 1 aromatic rings. The maximum atomic E-state index is 6.59. The first-order chi connectivity index (χ1) is 8.76. The van der Waals surface area contributed by atoms with E-state index in [1.807, 2.05) is 0 Å². The Balaban J connectivity index is 2.23. The maximum Gasteiger partial charge on any atom is 0.101 e. The normalized spacial score (nSPS) is 21.8. The van der Waals surface area contributed by atoms with Crippen molar-refractivity contribution >= 4 is 11.6 Å². The van der Waals surface area contributed by atoms with Crippen molar-refractivity contribution in [3.8, 4) is 0 Å². The third kappa shape index (κ3) is 3.05. The second kappa shape index (κ2) is 6.55. The molecule has 1 heterocycles. The average Bonchev–Trinajstić information content (AvgIpc) is 2.46. The first-order valence-electron chi connectivity index (χ1n) is 6.71. The Hall–Kier alpha value is -0.570. The van der Waals surface area contributed by atoms with E-state index >= 15 is 0 Å². The minimum absolute atomic E-state index is 0.0298. The fraction of sp³-hybridized carbons (Fsp3) is 0.600. The summed E-state index contributed by atoms with van der Waals surface area (Å²) >= 11 is 6.59. The highest BCUT2D eigenvalue weighted by atomic mass is 35.5. The minimum Gasteiger partial charge on any atom is -0.376 e. The summed E-state index contributed by atoms with van der Waals surface area (Å²) in [6.45, 7) is 6.23. The van der Waals surface area contributed by atoms with Gasteiger partial charge in [-0.2, -0.15) is 0 Å². The Labute approximate surface area is 114 Å². The van der Waals surface area contributed by atoms with E-state index in [1.165, 1.54) is 16.7 Å². The van der Waals surface area contributed by atoms with Gasteiger partial charge in [0, 0.05) is 0 Å². The van der Waals surface area contributed by atoms with E-state index in [4.69, 9.17) is 21.1 Å². The van der Waals surface area contributed by atoms with Crippen molar-refractivity contribution in [3.05, 3.63) is 34.9 Å². The molecular formula is C15H21ClO2. The monoisotopic (exact) mass is 268 g/mol. The van der Waals surface area contributed by atoms with Crippen molar-refractivity contribution in [1.29, 1.82) is 0 Å². The molecule has 1 aliphatic heterocycles. The number of hydrogen-bond donors (Lipinski definition) is 0. The summed E-state index contributed by atoms with van der Waals surface area (Å²) in [6.07, 6.45) is 2.00. The van der Waals surface area contributed by atoms with Gasteiger partial charge in [0.25, 0.3) is 0 Å². The molecule has 0 amide bonds. The van der Waals surface area contributed by atoms with Crippen LogP contribution in [-0.2, 0) is 22.3 Å². The van der Waals surface area contributed by atoms with E-state index < -0.39 is 0 Å². The largest absolute Gasteiger partial charge is 0.376 e. The Morgan fingerprint density at radius 3 is 2.72 bits per heavy atom. The summed E-state index contributed by atoms with van der Waals surface area (Å²) in [5, 5.41) is -0.119. The third-order valence-electron chi connectivity index (χ3n) is 3.46. The van der Waals surface area contributed by atoms with E-state index in [2.05, 4.69) is 32.0 Å². The molecule has 2 atom stereocenters. The molecule has 0 saturated carbocycles. The standard InChI is InChI=1S/C15H21ClO2/c1-3-11-5-6-12(4-2)13(9-11)15(16)14-10-17-7-8-18-14/h5-6,9,14-15H,3-4,7-8,10H2,1-2H3. The van der Waals surface area contributed by atoms with Crippen LogP contribution in [0.2, 0.25) is 0 Å². The summed E-state index contributed by atoms with van der Waals surface area (Å²) < 4.78 is 11.2. The molecule has 0 bridgehead atoms. The first-order valence-corrected chi connectivity index (χ1v) is 7.15. The molecule has 0 radical (unpaired) electrons. The number of alkyl halides is 1. The van der Waals surface area contributed by atoms with Gasteiger partial charge in [-0.25, -0.2) is 0 Å². The van der Waals surface area contributed by atoms with Gasteiger partial charge in [-0.05, 0) is 29.5 Å². The van der Waals surface area contributed by atoms with Crippen molar-refractivity contribution in [1.82, 2.24) is 0 Å². The van der Waals surface area contributed by atoms with E-state index in [9.17, 15) is 0 Å². The molecular weight excluding hydrogens is 248 g/mol. The van der Waals surface area contributed by atoms with Gasteiger partial charge in [-0.15, -0.1) is 11.6 Å². The number of ether oxygens (including phenoxy) is 2. The summed E-state index contributed by atoms with van der Waals surface area (Å²) in [5.74, 6) is 0. The topological polar surface area (TPSA) is 18.5 Å². The highest BCUT2D eigenvalue weighted by molar-refractivity contribution is 6.21. The van der Waals surface area contributed by atoms with Gasteiger partial charge < -0.3 is 9.47 Å². The molecule has 0 aliphatic carbocycles. The van der Waals surface area contributed by atoms with E-state index in [0.717, 1.165) is 12.8 Å². The molecule has 2 nitrogen and oxygen atoms in total. The fourth-order valence-corrected chi connectivity index (χ4v) is 2.67. The zero-order valence-electron chi connectivity index (χ0n) is 11.1. The molecule has 2 unspecified atom stereocenters. The van der Waals surface area contributed by atoms with Crippen molar-refractivity contribution in [3.63, 3.8) is 0 Å². The lowest BCUT2D eigenvalue weighted by molar-refractivity contribution is -0.0893. The molecule has 1 saturated heterocycles. The van der Waals surface area contributed by atoms with Gasteiger partial charge in [0.05, 0.1) is 25.2 Å². The Morgan fingerprint density at radius 2 is 2.11 bits per heavy atom. The average molecular weight is 269 g/mol. The SMILES string of the molecule is CCc1ccc(CC)c(C(Cl)C2COCCO2)c1. The van der Waals surface area contributed by atoms with E-state index in [0.29, 0.717) is 19.8 Å². The molecule has 1 aliphatic rings. The fourth-order valence-electron chi connectivity index (χ4n) is 2.32. The van der Waals surface area contributed by atoms with Gasteiger partial charge in [0.2, 0.25) is 0 Å². The summed E-state index contributed by atoms with van der Waals surface area (Å²) in [4.78, 5) is 0. The van der Waals surface area contributed by atoms with Gasteiger partial charge in [-0.1, -0.05) is 32.0 Å². The molecule has 100 valence electrons. The van der Waals surface area contributed by atoms with Crippen molar-refractivity contribution in [2.24, 2.45) is 0 Å². The summed E-state index contributed by atoms with van der Waals surface area (Å²) in [5.41, 5.74) is 3.83. The Morgan fingerprint density at radius 1 is 1.28 bits per heavy atom. The predicted molar refractivity (Wildman–Crippen MR) is 74.4 cm³/mol. The zero-order chi connectivity index (χ0) is 13.0. The van der Waals surface area contributed by atoms with Crippen LogP contribution in [0.5, 0.6) is 0 Å². The molecule has 0 N–H and O–H groups in total. The summed E-state index contributed by atoms with van der Waals surface area (Å²) in [6, 6.07) is 6.59. The highest BCUT2D eigenvalue weighted by Crippen LogP contribution is 2.31. The van der Waals surface area contributed by atoms with Crippen molar-refractivity contribution < 1.29 is 9.47 Å². The van der Waals surface area contributed by atoms with Gasteiger partial charge in [0.15, 0.2) is 0 Å². The molecule has 1 aromatic carbocycles. The van der Waals surface area contributed by atoms with Gasteiger partial charge >= 0.3 is 0 Å². The van der Waals surface area contributed by atoms with Crippen LogP contribution in [0.4, 0.5) is 0 Å². The van der Waals surface area contributed by atoms with Crippen LogP contribution in [-0.4, -0.2) is 25.9 Å². The van der Waals surface area contributed by atoms with E-state index in [-0.39, 0.29) is 11.5 Å². The van der Waals surface area contributed by atoms with Crippen LogP contribution in [0, 0.1) is 0 Å². The van der Waals surface area contributed by atoms with Gasteiger partial charge in [0.1, 0.15) is 6.10 Å². The number of hydrogen-bond acceptors (Lipinski definition) is 2. The van der Waals surface area contributed by atoms with Crippen LogP contribution in [0.1, 0.15) is 35.9 Å². The van der Waals surface area contributed by atoms with Crippen LogP contribution in [0.15, 0.2) is 18.2 Å². The lowest BCUT2D eigenvalue weighted by atomic mass is 9.96. The van der Waals surface area contributed by atoms with Crippen molar-refractivity contribution in [2.45, 2.75) is 38.2 Å². The van der Waals surface area contributed by atoms with E-state index in [1.54, 1.807) is 0 Å². The van der Waals surface area contributed by atoms with Crippen LogP contribution in [0.3, 0.4) is 0 Å². The second-order valence-corrected chi connectivity index (χ2v) is 5.10. The second-order valence-electron chi connectivity index (χ2n) is 4.63. The first kappa shape index (κ1) is 13.9. The number of halogens is 1. The van der Waals surface area contributed by atoms with Crippen LogP contribution in [0.25, 0.3) is 0 Å². The molecule has 0 aromatic heterocycles. The molecule has 0 spiro atoms. The Kier molecular flexibility index (Phi) is 5.04. The lowest BCUT2D eigenvalue weighted by Crippen LogP contribution is -2.32. The quantitative estimate of drug-likeness (QED) is 0.778. The van der Waals surface area contributed by atoms with Crippen molar-refractivity contribution in [2.75, 3.05) is 19.8 Å². The maximum absolute atomic E-state index is 6.59. The molecule has 18 heavy (non-hydrogen) atoms. The summed E-state index contributed by atoms with van der Waals surface area (Å²) in [7, 11) is 0.